The average Bonchev–Trinajstić information content (AvgIpc) is 3.52. The number of carbonyl (C=O) groups is 2. The lowest BCUT2D eigenvalue weighted by atomic mass is 9.86. The second-order valence-electron chi connectivity index (χ2n) is 12.8. The number of aromatic nitrogens is 2. The molecule has 12 nitrogen and oxygen atoms in total. The van der Waals surface area contributed by atoms with Crippen molar-refractivity contribution in [1.29, 1.82) is 0 Å². The maximum Gasteiger partial charge on any atom is 0.291 e. The molecule has 4 heterocycles. The van der Waals surface area contributed by atoms with E-state index in [1.807, 2.05) is 11.0 Å². The summed E-state index contributed by atoms with van der Waals surface area (Å²) in [7, 11) is 6.46. The summed E-state index contributed by atoms with van der Waals surface area (Å²) < 4.78 is 23.4. The first-order chi connectivity index (χ1) is 21.2. The SMILES string of the molecule is COc1nc(N2CCN(CC(=O)N(C)C)CC2)nc(OC)c1NC(=O)c1ccc(Cc2cc3c(cc2C)C(C)(C)OC3(C)C)o1. The number of nitrogens with zero attached hydrogens (tertiary/aromatic N) is 5. The number of hydrogen-bond donors (Lipinski definition) is 1. The Bertz CT molecular complexity index is 1560. The number of ether oxygens (including phenoxy) is 3. The van der Waals surface area contributed by atoms with Gasteiger partial charge in [0, 0.05) is 46.7 Å². The van der Waals surface area contributed by atoms with E-state index in [1.54, 1.807) is 25.1 Å². The molecule has 0 aliphatic carbocycles. The summed E-state index contributed by atoms with van der Waals surface area (Å²) in [5, 5.41) is 2.82. The summed E-state index contributed by atoms with van der Waals surface area (Å²) >= 11 is 0. The molecule has 0 radical (unpaired) electrons. The molecule has 1 fully saturated rings. The van der Waals surface area contributed by atoms with Gasteiger partial charge in [0.25, 0.3) is 5.91 Å². The highest BCUT2D eigenvalue weighted by atomic mass is 16.5. The molecule has 242 valence electrons. The number of anilines is 2. The smallest absolute Gasteiger partial charge is 0.291 e. The van der Waals surface area contributed by atoms with Gasteiger partial charge in [0.15, 0.2) is 11.4 Å². The van der Waals surface area contributed by atoms with Gasteiger partial charge in [-0.15, -0.1) is 0 Å². The number of nitrogens with one attached hydrogen (secondary N) is 1. The van der Waals surface area contributed by atoms with Crippen molar-refractivity contribution in [2.24, 2.45) is 0 Å². The molecule has 2 amide bonds. The minimum Gasteiger partial charge on any atom is -0.479 e. The summed E-state index contributed by atoms with van der Waals surface area (Å²) in [6, 6.07) is 7.86. The lowest BCUT2D eigenvalue weighted by Gasteiger charge is -2.34. The zero-order valence-corrected chi connectivity index (χ0v) is 27.7. The van der Waals surface area contributed by atoms with Crippen LogP contribution in [0.5, 0.6) is 11.8 Å². The first-order valence-electron chi connectivity index (χ1n) is 15.1. The van der Waals surface area contributed by atoms with E-state index in [2.05, 4.69) is 66.9 Å². The quantitative estimate of drug-likeness (QED) is 0.376. The van der Waals surface area contributed by atoms with Crippen molar-refractivity contribution in [3.63, 3.8) is 0 Å². The van der Waals surface area contributed by atoms with Crippen LogP contribution in [-0.4, -0.2) is 92.6 Å². The Morgan fingerprint density at radius 2 is 1.56 bits per heavy atom. The largest absolute Gasteiger partial charge is 0.479 e. The first-order valence-corrected chi connectivity index (χ1v) is 15.1. The van der Waals surface area contributed by atoms with Crippen LogP contribution < -0.4 is 19.7 Å². The zero-order chi connectivity index (χ0) is 32.7. The third-order valence-corrected chi connectivity index (χ3v) is 8.50. The van der Waals surface area contributed by atoms with E-state index in [9.17, 15) is 9.59 Å². The van der Waals surface area contributed by atoms with Crippen LogP contribution in [-0.2, 0) is 27.2 Å². The summed E-state index contributed by atoms with van der Waals surface area (Å²) in [6.07, 6.45) is 0.532. The Balaban J connectivity index is 1.29. The number of amides is 2. The molecule has 2 aliphatic heterocycles. The van der Waals surface area contributed by atoms with Crippen LogP contribution >= 0.6 is 0 Å². The number of methoxy groups -OCH3 is 2. The Morgan fingerprint density at radius 3 is 2.13 bits per heavy atom. The van der Waals surface area contributed by atoms with Crippen LogP contribution in [0.25, 0.3) is 0 Å². The molecule has 12 heteroatoms. The Hall–Kier alpha value is -4.16. The number of aryl methyl sites for hydroxylation is 1. The van der Waals surface area contributed by atoms with Gasteiger partial charge >= 0.3 is 0 Å². The highest BCUT2D eigenvalue weighted by Gasteiger charge is 2.43. The van der Waals surface area contributed by atoms with Crippen molar-refractivity contribution < 1.29 is 28.2 Å². The van der Waals surface area contributed by atoms with Crippen LogP contribution in [0.4, 0.5) is 11.6 Å². The predicted octanol–water partition coefficient (Wildman–Crippen LogP) is 3.95. The number of likely N-dealkylation sites (N-methyl/N-ethyl adjacent to an activating group) is 1. The Morgan fingerprint density at radius 1 is 0.956 bits per heavy atom. The van der Waals surface area contributed by atoms with E-state index < -0.39 is 11.5 Å². The Labute approximate surface area is 264 Å². The zero-order valence-electron chi connectivity index (χ0n) is 27.7. The van der Waals surface area contributed by atoms with Crippen molar-refractivity contribution in [3.8, 4) is 11.8 Å². The van der Waals surface area contributed by atoms with Gasteiger partial charge in [-0.3, -0.25) is 14.5 Å². The molecular weight excluding hydrogens is 576 g/mol. The van der Waals surface area contributed by atoms with Crippen molar-refractivity contribution in [1.82, 2.24) is 19.8 Å². The van der Waals surface area contributed by atoms with Crippen LogP contribution in [0, 0.1) is 6.92 Å². The van der Waals surface area contributed by atoms with Crippen LogP contribution in [0.2, 0.25) is 0 Å². The monoisotopic (exact) mass is 620 g/mol. The molecule has 2 aromatic heterocycles. The molecule has 2 aliphatic rings. The molecule has 0 spiro atoms. The summed E-state index contributed by atoms with van der Waals surface area (Å²) in [5.74, 6) is 1.15. The van der Waals surface area contributed by atoms with Crippen molar-refractivity contribution in [3.05, 3.63) is 58.0 Å². The van der Waals surface area contributed by atoms with Crippen molar-refractivity contribution in [2.75, 3.05) is 71.3 Å². The van der Waals surface area contributed by atoms with E-state index in [-0.39, 0.29) is 34.7 Å². The van der Waals surface area contributed by atoms with Gasteiger partial charge in [-0.25, -0.2) is 0 Å². The molecule has 1 N–H and O–H groups in total. The number of hydrogen-bond acceptors (Lipinski definition) is 10. The number of furan rings is 1. The van der Waals surface area contributed by atoms with Gasteiger partial charge in [-0.2, -0.15) is 9.97 Å². The third kappa shape index (κ3) is 6.62. The van der Waals surface area contributed by atoms with Crippen LogP contribution in [0.15, 0.2) is 28.7 Å². The summed E-state index contributed by atoms with van der Waals surface area (Å²) in [4.78, 5) is 40.2. The summed E-state index contributed by atoms with van der Waals surface area (Å²) in [5.41, 5.74) is 4.07. The van der Waals surface area contributed by atoms with Gasteiger partial charge in [0.1, 0.15) is 5.76 Å². The molecule has 0 bridgehead atoms. The van der Waals surface area contributed by atoms with Gasteiger partial charge in [0.2, 0.25) is 23.6 Å². The lowest BCUT2D eigenvalue weighted by molar-refractivity contribution is -0.130. The predicted molar refractivity (Wildman–Crippen MR) is 170 cm³/mol. The van der Waals surface area contributed by atoms with E-state index in [0.717, 1.165) is 11.1 Å². The molecule has 0 atom stereocenters. The highest BCUT2D eigenvalue weighted by Crippen LogP contribution is 2.47. The number of piperazine rings is 1. The standard InChI is InChI=1S/C33H44N6O6/c1-20-16-23-24(33(4,5)45-32(23,2)3)18-21(20)17-22-10-11-25(44-22)28(41)34-27-29(42-8)35-31(36-30(27)43-9)39-14-12-38(13-15-39)19-26(40)37(6)7/h10-11,16,18H,12-15,17,19H2,1-9H3,(H,34,41). The van der Waals surface area contributed by atoms with Gasteiger partial charge in [0.05, 0.1) is 32.0 Å². The molecule has 1 aromatic carbocycles. The van der Waals surface area contributed by atoms with Crippen molar-refractivity contribution in [2.45, 2.75) is 52.2 Å². The molecule has 5 rings (SSSR count). The number of carbonyl (C=O) groups excluding carboxylic acids is 2. The highest BCUT2D eigenvalue weighted by molar-refractivity contribution is 6.03. The van der Waals surface area contributed by atoms with Gasteiger partial charge in [-0.1, -0.05) is 12.1 Å². The van der Waals surface area contributed by atoms with Gasteiger partial charge < -0.3 is 33.7 Å². The maximum absolute atomic E-state index is 13.3. The molecule has 3 aromatic rings. The first kappa shape index (κ1) is 32.2. The number of benzene rings is 1. The van der Waals surface area contributed by atoms with Crippen LogP contribution in [0.1, 0.15) is 66.3 Å². The molecule has 45 heavy (non-hydrogen) atoms. The minimum absolute atomic E-state index is 0.0634. The average molecular weight is 621 g/mol. The summed E-state index contributed by atoms with van der Waals surface area (Å²) in [6.45, 7) is 13.4. The van der Waals surface area contributed by atoms with E-state index in [1.165, 1.54) is 25.3 Å². The molecule has 0 unspecified atom stereocenters. The molecule has 0 saturated carbocycles. The lowest BCUT2D eigenvalue weighted by Crippen LogP contribution is -2.49. The van der Waals surface area contributed by atoms with E-state index in [0.29, 0.717) is 50.9 Å². The second kappa shape index (κ2) is 12.3. The normalized spacial score (nSPS) is 17.1. The third-order valence-electron chi connectivity index (χ3n) is 8.50. The fraction of sp³-hybridized carbons (Fsp3) is 0.515. The Kier molecular flexibility index (Phi) is 8.83. The maximum atomic E-state index is 13.3. The number of fused-ring (bicyclic) bond motifs is 1. The second-order valence-corrected chi connectivity index (χ2v) is 12.8. The number of rotatable bonds is 9. The topological polar surface area (TPSA) is 122 Å². The van der Waals surface area contributed by atoms with Gasteiger partial charge in [-0.05, 0) is 69.0 Å². The van der Waals surface area contributed by atoms with E-state index in [4.69, 9.17) is 18.6 Å². The molecular formula is C33H44N6O6. The van der Waals surface area contributed by atoms with Crippen LogP contribution in [0.3, 0.4) is 0 Å². The fourth-order valence-electron chi connectivity index (χ4n) is 6.04. The fourth-order valence-corrected chi connectivity index (χ4v) is 6.04. The minimum atomic E-state index is -0.477. The van der Waals surface area contributed by atoms with Crippen molar-refractivity contribution >= 4 is 23.5 Å². The molecule has 1 saturated heterocycles. The van der Waals surface area contributed by atoms with E-state index >= 15 is 0 Å².